The van der Waals surface area contributed by atoms with E-state index < -0.39 is 11.7 Å². The highest BCUT2D eigenvalue weighted by Crippen LogP contribution is 2.27. The Hall–Kier alpha value is -2.60. The molecule has 2 aromatic carbocycles. The van der Waals surface area contributed by atoms with Gasteiger partial charge in [0.1, 0.15) is 11.6 Å². The molecule has 2 rings (SSSR count). The predicted octanol–water partition coefficient (Wildman–Crippen LogP) is 3.13. The van der Waals surface area contributed by atoms with E-state index in [0.29, 0.717) is 16.5 Å². The van der Waals surface area contributed by atoms with Gasteiger partial charge in [0, 0.05) is 12.1 Å². The van der Waals surface area contributed by atoms with Gasteiger partial charge < -0.3 is 15.0 Å². The highest BCUT2D eigenvalue weighted by atomic mass is 35.5. The van der Waals surface area contributed by atoms with Crippen LogP contribution in [-0.4, -0.2) is 37.4 Å². The molecule has 1 N–H and O–H groups in total. The fourth-order valence-corrected chi connectivity index (χ4v) is 2.38. The fraction of sp³-hybridized carbons (Fsp3) is 0.222. The molecular formula is C18H18ClFN2O3. The number of likely N-dealkylation sites (N-methyl/N-ethyl adjacent to an activating group) is 1. The number of anilines is 1. The van der Waals surface area contributed by atoms with E-state index in [4.69, 9.17) is 16.3 Å². The normalized spacial score (nSPS) is 10.2. The third-order valence-electron chi connectivity index (χ3n) is 3.54. The molecule has 0 aliphatic carbocycles. The molecule has 7 heteroatoms. The van der Waals surface area contributed by atoms with Gasteiger partial charge in [0.2, 0.25) is 11.8 Å². The van der Waals surface area contributed by atoms with Crippen LogP contribution < -0.4 is 10.1 Å². The van der Waals surface area contributed by atoms with E-state index in [2.05, 4.69) is 5.32 Å². The zero-order valence-corrected chi connectivity index (χ0v) is 14.6. The van der Waals surface area contributed by atoms with Crippen molar-refractivity contribution >= 4 is 29.1 Å². The van der Waals surface area contributed by atoms with Crippen molar-refractivity contribution < 1.29 is 18.7 Å². The number of nitrogens with one attached hydrogen (secondary N) is 1. The Balaban J connectivity index is 1.97. The minimum Gasteiger partial charge on any atom is -0.495 e. The number of halogens is 2. The number of hydrogen-bond acceptors (Lipinski definition) is 3. The molecule has 0 atom stereocenters. The number of nitrogens with zero attached hydrogens (tertiary/aromatic N) is 1. The smallest absolute Gasteiger partial charge is 0.244 e. The monoisotopic (exact) mass is 364 g/mol. The van der Waals surface area contributed by atoms with Crippen LogP contribution >= 0.6 is 11.6 Å². The number of benzene rings is 2. The summed E-state index contributed by atoms with van der Waals surface area (Å²) in [5.41, 5.74) is 0.700. The minimum atomic E-state index is -0.447. The minimum absolute atomic E-state index is 0.114. The summed E-state index contributed by atoms with van der Waals surface area (Å²) in [6.07, 6.45) is -0.114. The van der Waals surface area contributed by atoms with Crippen LogP contribution in [0, 0.1) is 5.82 Å². The Morgan fingerprint density at radius 2 is 1.96 bits per heavy atom. The van der Waals surface area contributed by atoms with Gasteiger partial charge >= 0.3 is 0 Å². The van der Waals surface area contributed by atoms with Gasteiger partial charge in [0.05, 0.1) is 25.8 Å². The maximum atomic E-state index is 13.6. The van der Waals surface area contributed by atoms with Gasteiger partial charge in [-0.15, -0.1) is 0 Å². The van der Waals surface area contributed by atoms with Crippen molar-refractivity contribution in [3.8, 4) is 5.75 Å². The molecule has 0 fully saturated rings. The first-order valence-electron chi connectivity index (χ1n) is 7.51. The lowest BCUT2D eigenvalue weighted by Gasteiger charge is -2.18. The first kappa shape index (κ1) is 18.7. The first-order chi connectivity index (χ1) is 11.9. The lowest BCUT2D eigenvalue weighted by molar-refractivity contribution is -0.132. The van der Waals surface area contributed by atoms with Gasteiger partial charge in [-0.25, -0.2) is 4.39 Å². The summed E-state index contributed by atoms with van der Waals surface area (Å²) in [5, 5.41) is 3.09. The third-order valence-corrected chi connectivity index (χ3v) is 3.78. The van der Waals surface area contributed by atoms with Crippen molar-refractivity contribution in [2.45, 2.75) is 6.42 Å². The van der Waals surface area contributed by atoms with Crippen molar-refractivity contribution in [1.29, 1.82) is 0 Å². The number of carbonyl (C=O) groups excluding carboxylic acids is 2. The van der Waals surface area contributed by atoms with Crippen LogP contribution in [0.25, 0.3) is 0 Å². The molecule has 2 aromatic rings. The topological polar surface area (TPSA) is 58.6 Å². The zero-order valence-electron chi connectivity index (χ0n) is 13.9. The van der Waals surface area contributed by atoms with E-state index in [-0.39, 0.29) is 24.4 Å². The van der Waals surface area contributed by atoms with Crippen LogP contribution in [0.2, 0.25) is 5.02 Å². The van der Waals surface area contributed by atoms with E-state index in [1.807, 2.05) is 0 Å². The molecule has 0 radical (unpaired) electrons. The number of amides is 2. The Bertz CT molecular complexity index is 783. The van der Waals surface area contributed by atoms with Gasteiger partial charge in [0.15, 0.2) is 0 Å². The SMILES string of the molecule is COc1ccc(Cl)cc1NC(=O)CN(C)C(=O)Cc1ccccc1F. The fourth-order valence-electron chi connectivity index (χ4n) is 2.21. The molecule has 0 aliphatic heterocycles. The highest BCUT2D eigenvalue weighted by molar-refractivity contribution is 6.31. The Labute approximate surface area is 150 Å². The Morgan fingerprint density at radius 1 is 1.24 bits per heavy atom. The first-order valence-corrected chi connectivity index (χ1v) is 7.89. The summed E-state index contributed by atoms with van der Waals surface area (Å²) in [6.45, 7) is -0.178. The number of carbonyl (C=O) groups is 2. The van der Waals surface area contributed by atoms with Crippen LogP contribution in [-0.2, 0) is 16.0 Å². The number of rotatable bonds is 6. The van der Waals surface area contributed by atoms with E-state index >= 15 is 0 Å². The van der Waals surface area contributed by atoms with Crippen molar-refractivity contribution in [1.82, 2.24) is 4.90 Å². The van der Waals surface area contributed by atoms with E-state index in [1.165, 1.54) is 31.2 Å². The number of ether oxygens (including phenoxy) is 1. The van der Waals surface area contributed by atoms with Crippen LogP contribution in [0.3, 0.4) is 0 Å². The second-order valence-electron chi connectivity index (χ2n) is 5.41. The van der Waals surface area contributed by atoms with Gasteiger partial charge in [-0.3, -0.25) is 9.59 Å². The Morgan fingerprint density at radius 3 is 2.64 bits per heavy atom. The van der Waals surface area contributed by atoms with Gasteiger partial charge in [0.25, 0.3) is 0 Å². The summed E-state index contributed by atoms with van der Waals surface area (Å²) in [5.74, 6) is -0.765. The molecule has 0 aromatic heterocycles. The number of hydrogen-bond donors (Lipinski definition) is 1. The summed E-state index contributed by atoms with van der Waals surface area (Å²) < 4.78 is 18.8. The molecule has 25 heavy (non-hydrogen) atoms. The maximum absolute atomic E-state index is 13.6. The molecular weight excluding hydrogens is 347 g/mol. The highest BCUT2D eigenvalue weighted by Gasteiger charge is 2.16. The lowest BCUT2D eigenvalue weighted by atomic mass is 10.1. The van der Waals surface area contributed by atoms with Crippen LogP contribution in [0.5, 0.6) is 5.75 Å². The van der Waals surface area contributed by atoms with Crippen LogP contribution in [0.1, 0.15) is 5.56 Å². The molecule has 132 valence electrons. The summed E-state index contributed by atoms with van der Waals surface area (Å²) in [6, 6.07) is 10.9. The van der Waals surface area contributed by atoms with Crippen LogP contribution in [0.15, 0.2) is 42.5 Å². The molecule has 2 amide bonds. The molecule has 0 spiro atoms. The number of methoxy groups -OCH3 is 1. The summed E-state index contributed by atoms with van der Waals surface area (Å²) >= 11 is 5.91. The summed E-state index contributed by atoms with van der Waals surface area (Å²) in [7, 11) is 2.96. The van der Waals surface area contributed by atoms with Crippen LogP contribution in [0.4, 0.5) is 10.1 Å². The molecule has 0 aliphatic rings. The van der Waals surface area contributed by atoms with Gasteiger partial charge in [-0.2, -0.15) is 0 Å². The predicted molar refractivity (Wildman–Crippen MR) is 94.4 cm³/mol. The van der Waals surface area contributed by atoms with E-state index in [9.17, 15) is 14.0 Å². The van der Waals surface area contributed by atoms with Crippen molar-refractivity contribution in [2.75, 3.05) is 26.0 Å². The van der Waals surface area contributed by atoms with Crippen molar-refractivity contribution in [3.63, 3.8) is 0 Å². The van der Waals surface area contributed by atoms with E-state index in [0.717, 1.165) is 0 Å². The van der Waals surface area contributed by atoms with Gasteiger partial charge in [-0.05, 0) is 29.8 Å². The standard InChI is InChI=1S/C18H18ClFN2O3/c1-22(18(24)9-12-5-3-4-6-14(12)20)11-17(23)21-15-10-13(19)7-8-16(15)25-2/h3-8,10H,9,11H2,1-2H3,(H,21,23). The average Bonchev–Trinajstić information content (AvgIpc) is 2.57. The maximum Gasteiger partial charge on any atom is 0.244 e. The largest absolute Gasteiger partial charge is 0.495 e. The average molecular weight is 365 g/mol. The lowest BCUT2D eigenvalue weighted by Crippen LogP contribution is -2.36. The second-order valence-corrected chi connectivity index (χ2v) is 5.85. The quantitative estimate of drug-likeness (QED) is 0.856. The molecule has 0 unspecified atom stereocenters. The molecule has 0 saturated heterocycles. The summed E-state index contributed by atoms with van der Waals surface area (Å²) in [4.78, 5) is 25.5. The van der Waals surface area contributed by atoms with Crippen molar-refractivity contribution in [3.05, 3.63) is 58.9 Å². The van der Waals surface area contributed by atoms with E-state index in [1.54, 1.807) is 30.3 Å². The molecule has 0 heterocycles. The third kappa shape index (κ3) is 5.19. The second kappa shape index (κ2) is 8.48. The zero-order chi connectivity index (χ0) is 18.4. The molecule has 0 saturated carbocycles. The molecule has 5 nitrogen and oxygen atoms in total. The molecule has 0 bridgehead atoms. The van der Waals surface area contributed by atoms with Gasteiger partial charge in [-0.1, -0.05) is 29.8 Å². The Kier molecular flexibility index (Phi) is 6.36. The van der Waals surface area contributed by atoms with Crippen molar-refractivity contribution in [2.24, 2.45) is 0 Å².